The molecule has 3 rings (SSSR count). The summed E-state index contributed by atoms with van der Waals surface area (Å²) >= 11 is 0. The number of rotatable bonds is 5. The number of nitrogens with zero attached hydrogens (tertiary/aromatic N) is 1. The summed E-state index contributed by atoms with van der Waals surface area (Å²) in [7, 11) is 0.940. The van der Waals surface area contributed by atoms with Crippen molar-refractivity contribution in [2.45, 2.75) is 37.3 Å². The van der Waals surface area contributed by atoms with Crippen molar-refractivity contribution >= 4 is 23.2 Å². The Labute approximate surface area is 243 Å². The standard InChI is InChI=1S/C27H16F14N2O2/c1-12-10-15(23(29,26(36,37)38)27(39,40)41)11-17(25(33,34)35)20(12)42-21(44)16-4-3-5-18(19(16)28)43(2)22(45)13-6-8-14(9-7-13)24(30,31)32/h3-11H,1-2H3,(H,42,44). The molecule has 3 aromatic rings. The molecule has 0 radical (unpaired) electrons. The van der Waals surface area contributed by atoms with Crippen molar-refractivity contribution in [3.8, 4) is 0 Å². The van der Waals surface area contributed by atoms with Gasteiger partial charge in [0.25, 0.3) is 11.8 Å². The van der Waals surface area contributed by atoms with Gasteiger partial charge in [0.2, 0.25) is 0 Å². The molecule has 244 valence electrons. The Balaban J connectivity index is 2.04. The van der Waals surface area contributed by atoms with Gasteiger partial charge in [-0.25, -0.2) is 8.78 Å². The molecule has 0 saturated heterocycles. The fourth-order valence-electron chi connectivity index (χ4n) is 4.10. The Bertz CT molecular complexity index is 1590. The minimum atomic E-state index is -6.75. The molecular weight excluding hydrogens is 650 g/mol. The quantitative estimate of drug-likeness (QED) is 0.277. The molecule has 0 heterocycles. The molecule has 0 unspecified atom stereocenters. The van der Waals surface area contributed by atoms with Crippen molar-refractivity contribution in [1.82, 2.24) is 0 Å². The van der Waals surface area contributed by atoms with Crippen LogP contribution in [0.3, 0.4) is 0 Å². The minimum Gasteiger partial charge on any atom is -0.321 e. The van der Waals surface area contributed by atoms with E-state index in [2.05, 4.69) is 0 Å². The van der Waals surface area contributed by atoms with Gasteiger partial charge in [0.05, 0.1) is 28.1 Å². The number of amides is 2. The number of carbonyl (C=O) groups is 2. The highest BCUT2D eigenvalue weighted by atomic mass is 19.4. The average Bonchev–Trinajstić information content (AvgIpc) is 2.90. The van der Waals surface area contributed by atoms with Crippen LogP contribution in [-0.2, 0) is 18.0 Å². The van der Waals surface area contributed by atoms with Crippen molar-refractivity contribution in [1.29, 1.82) is 0 Å². The summed E-state index contributed by atoms with van der Waals surface area (Å²) in [6.45, 7) is 0.533. The van der Waals surface area contributed by atoms with Crippen molar-refractivity contribution in [3.63, 3.8) is 0 Å². The predicted molar refractivity (Wildman–Crippen MR) is 130 cm³/mol. The zero-order valence-electron chi connectivity index (χ0n) is 22.3. The molecule has 18 heteroatoms. The number of anilines is 2. The Morgan fingerprint density at radius 2 is 1.24 bits per heavy atom. The highest BCUT2D eigenvalue weighted by molar-refractivity contribution is 6.09. The molecule has 1 N–H and O–H groups in total. The minimum absolute atomic E-state index is 0.213. The highest BCUT2D eigenvalue weighted by Crippen LogP contribution is 2.54. The van der Waals surface area contributed by atoms with Gasteiger partial charge in [-0.1, -0.05) is 12.1 Å². The number of carbonyl (C=O) groups excluding carboxylic acids is 2. The maximum atomic E-state index is 15.4. The summed E-state index contributed by atoms with van der Waals surface area (Å²) in [4.78, 5) is 26.1. The summed E-state index contributed by atoms with van der Waals surface area (Å²) in [5, 5.41) is 1.55. The Morgan fingerprint density at radius 1 is 0.711 bits per heavy atom. The zero-order chi connectivity index (χ0) is 34.5. The van der Waals surface area contributed by atoms with E-state index in [9.17, 15) is 66.7 Å². The molecule has 0 aromatic heterocycles. The van der Waals surface area contributed by atoms with Crippen molar-refractivity contribution in [3.05, 3.63) is 93.8 Å². The van der Waals surface area contributed by atoms with Crippen molar-refractivity contribution < 1.29 is 71.1 Å². The summed E-state index contributed by atoms with van der Waals surface area (Å²) in [5.41, 5.74) is -16.8. The maximum Gasteiger partial charge on any atom is 0.435 e. The van der Waals surface area contributed by atoms with Crippen LogP contribution in [-0.4, -0.2) is 31.2 Å². The van der Waals surface area contributed by atoms with Crippen LogP contribution in [0.1, 0.15) is 43.0 Å². The van der Waals surface area contributed by atoms with E-state index in [0.717, 1.165) is 31.3 Å². The fourth-order valence-corrected chi connectivity index (χ4v) is 4.10. The van der Waals surface area contributed by atoms with Crippen LogP contribution in [0.25, 0.3) is 0 Å². The Morgan fingerprint density at radius 3 is 1.71 bits per heavy atom. The Hall–Kier alpha value is -4.38. The first-order valence-electron chi connectivity index (χ1n) is 11.9. The first-order valence-corrected chi connectivity index (χ1v) is 11.9. The van der Waals surface area contributed by atoms with Crippen LogP contribution in [0.5, 0.6) is 0 Å². The van der Waals surface area contributed by atoms with E-state index in [1.54, 1.807) is 5.32 Å². The highest BCUT2D eigenvalue weighted by Gasteiger charge is 2.73. The number of benzene rings is 3. The van der Waals surface area contributed by atoms with Crippen LogP contribution < -0.4 is 10.2 Å². The average molecular weight is 666 g/mol. The van der Waals surface area contributed by atoms with Crippen LogP contribution >= 0.6 is 0 Å². The SMILES string of the molecule is Cc1cc(C(F)(C(F)(F)F)C(F)(F)F)cc(C(F)(F)F)c1NC(=O)c1cccc(N(C)C(=O)c2ccc(C(F)(F)F)cc2)c1F. The smallest absolute Gasteiger partial charge is 0.321 e. The number of hydrogen-bond donors (Lipinski definition) is 1. The fraction of sp³-hybridized carbons (Fsp3) is 0.259. The van der Waals surface area contributed by atoms with Crippen LogP contribution in [0, 0.1) is 12.7 Å². The van der Waals surface area contributed by atoms with E-state index in [4.69, 9.17) is 0 Å². The van der Waals surface area contributed by atoms with E-state index in [1.165, 1.54) is 0 Å². The lowest BCUT2D eigenvalue weighted by molar-refractivity contribution is -0.348. The topological polar surface area (TPSA) is 49.4 Å². The maximum absolute atomic E-state index is 15.4. The monoisotopic (exact) mass is 666 g/mol. The molecule has 4 nitrogen and oxygen atoms in total. The Kier molecular flexibility index (Phi) is 8.99. The van der Waals surface area contributed by atoms with Gasteiger partial charge < -0.3 is 10.2 Å². The second-order valence-electron chi connectivity index (χ2n) is 9.40. The normalized spacial score (nSPS) is 13.1. The van der Waals surface area contributed by atoms with Crippen LogP contribution in [0.2, 0.25) is 0 Å². The van der Waals surface area contributed by atoms with E-state index in [-0.39, 0.29) is 11.6 Å². The van der Waals surface area contributed by atoms with Gasteiger partial charge in [-0.05, 0) is 55.0 Å². The number of alkyl halides is 13. The van der Waals surface area contributed by atoms with E-state index in [0.29, 0.717) is 30.0 Å². The third-order valence-electron chi connectivity index (χ3n) is 6.41. The number of halogens is 14. The summed E-state index contributed by atoms with van der Waals surface area (Å²) < 4.78 is 189. The summed E-state index contributed by atoms with van der Waals surface area (Å²) in [5.74, 6) is -4.36. The van der Waals surface area contributed by atoms with Crippen LogP contribution in [0.15, 0.2) is 54.6 Å². The first-order chi connectivity index (χ1) is 20.3. The largest absolute Gasteiger partial charge is 0.435 e. The molecule has 45 heavy (non-hydrogen) atoms. The van der Waals surface area contributed by atoms with Crippen molar-refractivity contribution in [2.24, 2.45) is 0 Å². The third kappa shape index (κ3) is 6.68. The second-order valence-corrected chi connectivity index (χ2v) is 9.40. The van der Waals surface area contributed by atoms with Gasteiger partial charge >= 0.3 is 30.4 Å². The summed E-state index contributed by atoms with van der Waals surface area (Å²) in [6.07, 6.45) is -24.0. The molecule has 2 amide bonds. The third-order valence-corrected chi connectivity index (χ3v) is 6.41. The van der Waals surface area contributed by atoms with E-state index < -0.39 is 93.3 Å². The van der Waals surface area contributed by atoms with Gasteiger partial charge in [0.1, 0.15) is 0 Å². The molecule has 3 aromatic carbocycles. The first kappa shape index (κ1) is 35.1. The molecule has 0 fully saturated rings. The number of nitrogens with one attached hydrogen (secondary N) is 1. The van der Waals surface area contributed by atoms with Gasteiger partial charge in [-0.2, -0.15) is 52.7 Å². The molecule has 0 aliphatic rings. The van der Waals surface area contributed by atoms with Crippen molar-refractivity contribution in [2.75, 3.05) is 17.3 Å². The van der Waals surface area contributed by atoms with Gasteiger partial charge in [0.15, 0.2) is 5.82 Å². The second kappa shape index (κ2) is 11.5. The molecule has 0 aliphatic carbocycles. The lowest BCUT2D eigenvalue weighted by Crippen LogP contribution is -2.50. The van der Waals surface area contributed by atoms with E-state index in [1.807, 2.05) is 0 Å². The lowest BCUT2D eigenvalue weighted by Gasteiger charge is -2.31. The molecular formula is C27H16F14N2O2. The molecule has 0 spiro atoms. The predicted octanol–water partition coefficient (Wildman–Crippen LogP) is 8.99. The van der Waals surface area contributed by atoms with Gasteiger partial charge in [-0.3, -0.25) is 9.59 Å². The molecule has 0 saturated carbocycles. The van der Waals surface area contributed by atoms with Gasteiger partial charge in [0, 0.05) is 18.2 Å². The summed E-state index contributed by atoms with van der Waals surface area (Å²) in [6, 6.07) is 4.20. The molecule has 0 bridgehead atoms. The zero-order valence-corrected chi connectivity index (χ0v) is 22.3. The number of aryl methyl sites for hydroxylation is 1. The van der Waals surface area contributed by atoms with E-state index >= 15 is 4.39 Å². The number of hydrogen-bond acceptors (Lipinski definition) is 2. The lowest BCUT2D eigenvalue weighted by atomic mass is 9.90. The molecule has 0 aliphatic heterocycles. The van der Waals surface area contributed by atoms with Gasteiger partial charge in [-0.15, -0.1) is 0 Å². The van der Waals surface area contributed by atoms with Crippen LogP contribution in [0.4, 0.5) is 72.8 Å². The molecule has 0 atom stereocenters.